The Hall–Kier alpha value is -3.41. The number of nitriles is 1. The summed E-state index contributed by atoms with van der Waals surface area (Å²) in [6.07, 6.45) is 1.45. The van der Waals surface area contributed by atoms with Gasteiger partial charge in [-0.25, -0.2) is 14.1 Å². The van der Waals surface area contributed by atoms with E-state index < -0.39 is 12.0 Å². The van der Waals surface area contributed by atoms with Gasteiger partial charge in [0, 0.05) is 37.6 Å². The monoisotopic (exact) mass is 510 g/mol. The van der Waals surface area contributed by atoms with Gasteiger partial charge in [-0.2, -0.15) is 10.4 Å². The van der Waals surface area contributed by atoms with Gasteiger partial charge in [-0.05, 0) is 42.8 Å². The molecular weight excluding hydrogens is 490 g/mol. The van der Waals surface area contributed by atoms with Crippen molar-refractivity contribution in [3.8, 4) is 6.07 Å². The Morgan fingerprint density at radius 3 is 2.51 bits per heavy atom. The zero-order valence-corrected chi connectivity index (χ0v) is 20.3. The van der Waals surface area contributed by atoms with E-state index in [2.05, 4.69) is 21.1 Å². The number of carbonyl (C=O) groups excluding carboxylic acids is 1. The number of hydrogen-bond acceptors (Lipinski definition) is 5. The number of fused-ring (bicyclic) bond motifs is 1. The Labute approximate surface area is 212 Å². The summed E-state index contributed by atoms with van der Waals surface area (Å²) in [7, 11) is 0. The minimum Gasteiger partial charge on any atom is -0.368 e. The lowest BCUT2D eigenvalue weighted by molar-refractivity contribution is -0.134. The van der Waals surface area contributed by atoms with Gasteiger partial charge in [0.1, 0.15) is 23.4 Å². The van der Waals surface area contributed by atoms with Crippen molar-refractivity contribution in [2.75, 3.05) is 31.1 Å². The van der Waals surface area contributed by atoms with E-state index in [0.29, 0.717) is 58.9 Å². The molecule has 2 aliphatic heterocycles. The van der Waals surface area contributed by atoms with Crippen molar-refractivity contribution in [2.45, 2.75) is 13.0 Å². The molecule has 3 aromatic rings. The summed E-state index contributed by atoms with van der Waals surface area (Å²) in [5.41, 5.74) is 2.47. The van der Waals surface area contributed by atoms with Crippen LogP contribution in [0.4, 0.5) is 15.9 Å². The summed E-state index contributed by atoms with van der Waals surface area (Å²) in [6, 6.07) is 13.2. The Morgan fingerprint density at radius 1 is 1.11 bits per heavy atom. The van der Waals surface area contributed by atoms with Crippen molar-refractivity contribution in [3.05, 3.63) is 75.7 Å². The minimum atomic E-state index is -0.665. The molecule has 1 amide bonds. The number of benzene rings is 2. The molecule has 3 heterocycles. The third-order valence-corrected chi connectivity index (χ3v) is 7.38. The van der Waals surface area contributed by atoms with Crippen LogP contribution in [0.25, 0.3) is 0 Å². The molecule has 178 valence electrons. The molecule has 10 heteroatoms. The number of piperazine rings is 1. The molecule has 2 atom stereocenters. The van der Waals surface area contributed by atoms with Crippen LogP contribution in [0.2, 0.25) is 10.0 Å². The first-order valence-corrected chi connectivity index (χ1v) is 11.9. The van der Waals surface area contributed by atoms with Gasteiger partial charge in [0.25, 0.3) is 0 Å². The molecule has 2 aromatic carbocycles. The van der Waals surface area contributed by atoms with E-state index in [1.54, 1.807) is 35.9 Å². The van der Waals surface area contributed by atoms with Crippen molar-refractivity contribution >= 4 is 46.3 Å². The molecule has 1 saturated heterocycles. The highest BCUT2D eigenvalue weighted by molar-refractivity contribution is 6.42. The maximum atomic E-state index is 13.9. The maximum absolute atomic E-state index is 13.9. The number of anilines is 1. The lowest BCUT2D eigenvalue weighted by Crippen LogP contribution is -2.53. The first kappa shape index (κ1) is 23.3. The van der Waals surface area contributed by atoms with Crippen LogP contribution < -0.4 is 4.90 Å². The number of carbonyl (C=O) groups is 1. The van der Waals surface area contributed by atoms with Gasteiger partial charge in [-0.3, -0.25) is 4.79 Å². The number of rotatable bonds is 3. The number of aromatic nitrogens is 2. The Bertz CT molecular complexity index is 1360. The molecular formula is C25H21Cl2FN6O. The average molecular weight is 511 g/mol. The second-order valence-corrected chi connectivity index (χ2v) is 9.33. The largest absolute Gasteiger partial charge is 0.368 e. The summed E-state index contributed by atoms with van der Waals surface area (Å²) >= 11 is 12.9. The van der Waals surface area contributed by atoms with Crippen LogP contribution in [-0.2, 0) is 4.79 Å². The number of nitrogens with zero attached hydrogens (tertiary/aromatic N) is 6. The smallest absolute Gasteiger partial charge is 0.234 e. The summed E-state index contributed by atoms with van der Waals surface area (Å²) in [6.45, 7) is 4.04. The second kappa shape index (κ2) is 9.33. The Kier molecular flexibility index (Phi) is 6.22. The molecule has 0 bridgehead atoms. The highest BCUT2D eigenvalue weighted by Gasteiger charge is 2.42. The fraction of sp³-hybridized carbons (Fsp3) is 0.280. The number of aliphatic imine (C=N–C) groups is 1. The van der Waals surface area contributed by atoms with Crippen LogP contribution in [0.1, 0.15) is 24.1 Å². The van der Waals surface area contributed by atoms with Crippen LogP contribution in [0, 0.1) is 23.1 Å². The van der Waals surface area contributed by atoms with E-state index in [4.69, 9.17) is 23.2 Å². The highest BCUT2D eigenvalue weighted by atomic mass is 35.5. The van der Waals surface area contributed by atoms with Crippen LogP contribution in [0.5, 0.6) is 0 Å². The van der Waals surface area contributed by atoms with Crippen molar-refractivity contribution in [2.24, 2.45) is 10.9 Å². The molecule has 5 rings (SSSR count). The quantitative estimate of drug-likeness (QED) is 0.503. The minimum absolute atomic E-state index is 0.0919. The Morgan fingerprint density at radius 2 is 1.83 bits per heavy atom. The van der Waals surface area contributed by atoms with Crippen LogP contribution in [0.15, 0.2) is 53.7 Å². The van der Waals surface area contributed by atoms with Gasteiger partial charge in [0.05, 0.1) is 22.3 Å². The average Bonchev–Trinajstić information content (AvgIpc) is 3.28. The van der Waals surface area contributed by atoms with Crippen LogP contribution >= 0.6 is 23.2 Å². The number of halogens is 3. The molecule has 0 spiro atoms. The molecule has 35 heavy (non-hydrogen) atoms. The van der Waals surface area contributed by atoms with Gasteiger partial charge in [0.2, 0.25) is 5.91 Å². The molecule has 0 N–H and O–H groups in total. The molecule has 1 fully saturated rings. The molecule has 0 saturated carbocycles. The zero-order valence-electron chi connectivity index (χ0n) is 18.8. The third-order valence-electron chi connectivity index (χ3n) is 6.55. The molecule has 1 aromatic heterocycles. The van der Waals surface area contributed by atoms with Gasteiger partial charge >= 0.3 is 0 Å². The number of amides is 1. The highest BCUT2D eigenvalue weighted by Crippen LogP contribution is 2.42. The van der Waals surface area contributed by atoms with Gasteiger partial charge in [-0.1, -0.05) is 35.3 Å². The summed E-state index contributed by atoms with van der Waals surface area (Å²) in [5.74, 6) is -0.637. The van der Waals surface area contributed by atoms with E-state index >= 15 is 0 Å². The standard InChI is InChI=1S/C25H21Cl2FN6O/c1-15-21(25(35)33-11-9-32(10-12-33)18-7-5-17(28)6-8-18)23(19-3-2-4-20(26)22(19)27)34-24(31-15)16(13-29)14-30-34/h2-8,14,21,23H,9-12H2,1H3. The summed E-state index contributed by atoms with van der Waals surface area (Å²) < 4.78 is 14.9. The normalized spacial score (nSPS) is 19.7. The summed E-state index contributed by atoms with van der Waals surface area (Å²) in [5, 5.41) is 14.6. The van der Waals surface area contributed by atoms with Crippen LogP contribution in [0.3, 0.4) is 0 Å². The molecule has 0 aliphatic carbocycles. The molecule has 2 unspecified atom stereocenters. The first-order valence-electron chi connectivity index (χ1n) is 11.1. The van der Waals surface area contributed by atoms with Gasteiger partial charge < -0.3 is 9.80 Å². The van der Waals surface area contributed by atoms with Crippen molar-refractivity contribution in [1.29, 1.82) is 5.26 Å². The van der Waals surface area contributed by atoms with Crippen molar-refractivity contribution < 1.29 is 9.18 Å². The van der Waals surface area contributed by atoms with Crippen molar-refractivity contribution in [1.82, 2.24) is 14.7 Å². The zero-order chi connectivity index (χ0) is 24.7. The topological polar surface area (TPSA) is 77.5 Å². The predicted octanol–water partition coefficient (Wildman–Crippen LogP) is 4.86. The SMILES string of the molecule is CC1=Nc2c(C#N)cnn2C(c2cccc(Cl)c2Cl)C1C(=O)N1CCN(c2ccc(F)cc2)CC1. The van der Waals surface area contributed by atoms with E-state index in [1.807, 2.05) is 11.0 Å². The fourth-order valence-electron chi connectivity index (χ4n) is 4.76. The van der Waals surface area contributed by atoms with Gasteiger partial charge in [-0.15, -0.1) is 0 Å². The molecule has 2 aliphatic rings. The van der Waals surface area contributed by atoms with Crippen LogP contribution in [-0.4, -0.2) is 52.5 Å². The van der Waals surface area contributed by atoms with E-state index in [9.17, 15) is 14.4 Å². The molecule has 7 nitrogen and oxygen atoms in total. The lowest BCUT2D eigenvalue weighted by atomic mass is 9.86. The predicted molar refractivity (Wildman–Crippen MR) is 133 cm³/mol. The third kappa shape index (κ3) is 4.15. The molecule has 0 radical (unpaired) electrons. The maximum Gasteiger partial charge on any atom is 0.234 e. The first-order chi connectivity index (χ1) is 16.9. The van der Waals surface area contributed by atoms with Crippen molar-refractivity contribution in [3.63, 3.8) is 0 Å². The van der Waals surface area contributed by atoms with E-state index in [-0.39, 0.29) is 11.7 Å². The Balaban J connectivity index is 1.47. The van der Waals surface area contributed by atoms with Gasteiger partial charge in [0.15, 0.2) is 5.82 Å². The lowest BCUT2D eigenvalue weighted by Gasteiger charge is -2.40. The second-order valence-electron chi connectivity index (χ2n) is 8.55. The summed E-state index contributed by atoms with van der Waals surface area (Å²) in [4.78, 5) is 22.5. The number of hydrogen-bond donors (Lipinski definition) is 0. The van der Waals surface area contributed by atoms with E-state index in [1.165, 1.54) is 18.3 Å². The fourth-order valence-corrected chi connectivity index (χ4v) is 5.18. The van der Waals surface area contributed by atoms with E-state index in [0.717, 1.165) is 5.69 Å².